The number of rotatable bonds is 1. The Hall–Kier alpha value is -0.530. The molecule has 2 atom stereocenters. The van der Waals surface area contributed by atoms with Gasteiger partial charge in [-0.05, 0) is 24.2 Å². The van der Waals surface area contributed by atoms with E-state index in [0.29, 0.717) is 5.92 Å². The lowest BCUT2D eigenvalue weighted by molar-refractivity contribution is -0.146. The molecule has 0 aromatic heterocycles. The number of carboxylic acids is 1. The van der Waals surface area contributed by atoms with Crippen LogP contribution >= 0.6 is 0 Å². The first-order valence-corrected chi connectivity index (χ1v) is 4.18. The first kappa shape index (κ1) is 8.57. The second-order valence-electron chi connectivity index (χ2n) is 4.32. The van der Waals surface area contributed by atoms with Gasteiger partial charge in [-0.15, -0.1) is 0 Å². The lowest BCUT2D eigenvalue weighted by Gasteiger charge is -2.25. The summed E-state index contributed by atoms with van der Waals surface area (Å²) in [7, 11) is 0. The van der Waals surface area contributed by atoms with E-state index in [9.17, 15) is 4.79 Å². The molecule has 1 saturated carbocycles. The molecule has 0 aliphatic heterocycles. The Kier molecular flexibility index (Phi) is 1.95. The van der Waals surface area contributed by atoms with Crippen LogP contribution in [0.15, 0.2) is 0 Å². The smallest absolute Gasteiger partial charge is 0.307 e. The van der Waals surface area contributed by atoms with Gasteiger partial charge in [-0.2, -0.15) is 0 Å². The third kappa shape index (κ3) is 1.39. The van der Waals surface area contributed by atoms with Crippen LogP contribution in [0.25, 0.3) is 0 Å². The molecule has 0 amide bonds. The zero-order valence-electron chi connectivity index (χ0n) is 7.42. The van der Waals surface area contributed by atoms with Gasteiger partial charge in [-0.3, -0.25) is 4.79 Å². The van der Waals surface area contributed by atoms with Crippen molar-refractivity contribution in [3.05, 3.63) is 0 Å². The SMILES string of the molecule is C[C@H]1CCC(C)(C)[C@@H]1C(=O)O. The summed E-state index contributed by atoms with van der Waals surface area (Å²) in [5.41, 5.74) is 0.00521. The van der Waals surface area contributed by atoms with Crippen molar-refractivity contribution in [3.63, 3.8) is 0 Å². The van der Waals surface area contributed by atoms with E-state index in [1.807, 2.05) is 6.92 Å². The van der Waals surface area contributed by atoms with Crippen LogP contribution in [0.4, 0.5) is 0 Å². The highest BCUT2D eigenvalue weighted by Crippen LogP contribution is 2.46. The standard InChI is InChI=1S/C9H16O2/c1-6-4-5-9(2,3)7(6)8(10)11/h6-7H,4-5H2,1-3H3,(H,10,11)/t6-,7-/m0/s1. The van der Waals surface area contributed by atoms with Crippen molar-refractivity contribution in [1.82, 2.24) is 0 Å². The van der Waals surface area contributed by atoms with Crippen molar-refractivity contribution >= 4 is 5.97 Å². The Labute approximate surface area is 67.6 Å². The molecule has 0 radical (unpaired) electrons. The number of aliphatic carboxylic acids is 1. The quantitative estimate of drug-likeness (QED) is 0.631. The van der Waals surface area contributed by atoms with Gasteiger partial charge in [0.25, 0.3) is 0 Å². The fourth-order valence-corrected chi connectivity index (χ4v) is 2.27. The second-order valence-corrected chi connectivity index (χ2v) is 4.32. The molecule has 1 rings (SSSR count). The van der Waals surface area contributed by atoms with E-state index in [1.54, 1.807) is 0 Å². The highest BCUT2D eigenvalue weighted by molar-refractivity contribution is 5.71. The second kappa shape index (κ2) is 2.50. The van der Waals surface area contributed by atoms with Gasteiger partial charge in [0.15, 0.2) is 0 Å². The van der Waals surface area contributed by atoms with E-state index in [0.717, 1.165) is 12.8 Å². The van der Waals surface area contributed by atoms with E-state index in [4.69, 9.17) is 5.11 Å². The molecule has 64 valence electrons. The van der Waals surface area contributed by atoms with Gasteiger partial charge in [0.1, 0.15) is 0 Å². The molecule has 2 nitrogen and oxygen atoms in total. The molecule has 0 unspecified atom stereocenters. The molecule has 0 saturated heterocycles. The van der Waals surface area contributed by atoms with Crippen LogP contribution in [0.5, 0.6) is 0 Å². The fourth-order valence-electron chi connectivity index (χ4n) is 2.27. The van der Waals surface area contributed by atoms with Crippen molar-refractivity contribution in [2.45, 2.75) is 33.6 Å². The molecular weight excluding hydrogens is 140 g/mol. The molecule has 0 heterocycles. The fraction of sp³-hybridized carbons (Fsp3) is 0.889. The van der Waals surface area contributed by atoms with Gasteiger partial charge in [0.05, 0.1) is 5.92 Å². The summed E-state index contributed by atoms with van der Waals surface area (Å²) in [4.78, 5) is 10.8. The van der Waals surface area contributed by atoms with Crippen LogP contribution < -0.4 is 0 Å². The summed E-state index contributed by atoms with van der Waals surface area (Å²) < 4.78 is 0. The topological polar surface area (TPSA) is 37.3 Å². The molecule has 1 fully saturated rings. The van der Waals surface area contributed by atoms with E-state index in [2.05, 4.69) is 13.8 Å². The molecule has 0 spiro atoms. The molecule has 1 aliphatic rings. The molecule has 0 aromatic carbocycles. The van der Waals surface area contributed by atoms with Crippen molar-refractivity contribution in [1.29, 1.82) is 0 Å². The van der Waals surface area contributed by atoms with Crippen LogP contribution in [0.1, 0.15) is 33.6 Å². The zero-order chi connectivity index (χ0) is 8.65. The summed E-state index contributed by atoms with van der Waals surface area (Å²) in [5, 5.41) is 8.92. The van der Waals surface area contributed by atoms with E-state index < -0.39 is 5.97 Å². The number of hydrogen-bond acceptors (Lipinski definition) is 1. The molecule has 0 bridgehead atoms. The average Bonchev–Trinajstić information content (AvgIpc) is 2.06. The van der Waals surface area contributed by atoms with Crippen molar-refractivity contribution in [3.8, 4) is 0 Å². The predicted octanol–water partition coefficient (Wildman–Crippen LogP) is 2.14. The zero-order valence-corrected chi connectivity index (χ0v) is 7.42. The number of hydrogen-bond donors (Lipinski definition) is 1. The summed E-state index contributed by atoms with van der Waals surface area (Å²) in [5.74, 6) is -0.412. The number of carboxylic acid groups (broad SMARTS) is 1. The minimum absolute atomic E-state index is 0.00521. The molecular formula is C9H16O2. The molecule has 0 aromatic rings. The Morgan fingerprint density at radius 3 is 2.27 bits per heavy atom. The summed E-state index contributed by atoms with van der Waals surface area (Å²) in [6.07, 6.45) is 2.11. The van der Waals surface area contributed by atoms with Crippen LogP contribution in [0, 0.1) is 17.3 Å². The molecule has 11 heavy (non-hydrogen) atoms. The Bertz CT molecular complexity index is 172. The maximum absolute atomic E-state index is 10.8. The van der Waals surface area contributed by atoms with E-state index >= 15 is 0 Å². The predicted molar refractivity (Wildman–Crippen MR) is 43.3 cm³/mol. The Morgan fingerprint density at radius 1 is 1.55 bits per heavy atom. The van der Waals surface area contributed by atoms with Crippen molar-refractivity contribution < 1.29 is 9.90 Å². The van der Waals surface area contributed by atoms with Gasteiger partial charge < -0.3 is 5.11 Å². The van der Waals surface area contributed by atoms with Crippen LogP contribution in [-0.4, -0.2) is 11.1 Å². The van der Waals surface area contributed by atoms with Gasteiger partial charge >= 0.3 is 5.97 Å². The third-order valence-electron chi connectivity index (χ3n) is 2.92. The maximum atomic E-state index is 10.8. The highest BCUT2D eigenvalue weighted by Gasteiger charge is 2.44. The normalized spacial score (nSPS) is 35.5. The maximum Gasteiger partial charge on any atom is 0.307 e. The Morgan fingerprint density at radius 2 is 2.09 bits per heavy atom. The largest absolute Gasteiger partial charge is 0.481 e. The number of carbonyl (C=O) groups is 1. The van der Waals surface area contributed by atoms with Crippen molar-refractivity contribution in [2.24, 2.45) is 17.3 Å². The Balaban J connectivity index is 2.80. The van der Waals surface area contributed by atoms with Gasteiger partial charge in [0, 0.05) is 0 Å². The van der Waals surface area contributed by atoms with Crippen molar-refractivity contribution in [2.75, 3.05) is 0 Å². The summed E-state index contributed by atoms with van der Waals surface area (Å²) >= 11 is 0. The van der Waals surface area contributed by atoms with E-state index in [1.165, 1.54) is 0 Å². The molecule has 1 N–H and O–H groups in total. The minimum Gasteiger partial charge on any atom is -0.481 e. The van der Waals surface area contributed by atoms with Gasteiger partial charge in [0.2, 0.25) is 0 Å². The summed E-state index contributed by atoms with van der Waals surface area (Å²) in [6.45, 7) is 6.14. The monoisotopic (exact) mass is 156 g/mol. The minimum atomic E-state index is -0.625. The van der Waals surface area contributed by atoms with Gasteiger partial charge in [-0.25, -0.2) is 0 Å². The van der Waals surface area contributed by atoms with E-state index in [-0.39, 0.29) is 11.3 Å². The van der Waals surface area contributed by atoms with Crippen LogP contribution in [0.3, 0.4) is 0 Å². The molecule has 1 aliphatic carbocycles. The van der Waals surface area contributed by atoms with Gasteiger partial charge in [-0.1, -0.05) is 20.8 Å². The van der Waals surface area contributed by atoms with Crippen LogP contribution in [-0.2, 0) is 4.79 Å². The highest BCUT2D eigenvalue weighted by atomic mass is 16.4. The average molecular weight is 156 g/mol. The lowest BCUT2D eigenvalue weighted by Crippen LogP contribution is -2.28. The summed E-state index contributed by atoms with van der Waals surface area (Å²) in [6, 6.07) is 0. The third-order valence-corrected chi connectivity index (χ3v) is 2.92. The first-order valence-electron chi connectivity index (χ1n) is 4.18. The lowest BCUT2D eigenvalue weighted by atomic mass is 9.79. The first-order chi connectivity index (χ1) is 4.95. The molecule has 2 heteroatoms. The van der Waals surface area contributed by atoms with Crippen LogP contribution in [0.2, 0.25) is 0 Å².